The van der Waals surface area contributed by atoms with Gasteiger partial charge in [0.1, 0.15) is 0 Å². The number of carbonyl (C=O) groups excluding carboxylic acids is 1. The minimum atomic E-state index is -0.131. The van der Waals surface area contributed by atoms with E-state index < -0.39 is 0 Å². The quantitative estimate of drug-likeness (QED) is 0.738. The number of nitrogens with two attached hydrogens (primary N) is 1. The highest BCUT2D eigenvalue weighted by Gasteiger charge is 2.23. The predicted molar refractivity (Wildman–Crippen MR) is 70.8 cm³/mol. The number of carbonyl (C=O) groups is 1. The van der Waals surface area contributed by atoms with Gasteiger partial charge in [0.15, 0.2) is 0 Å². The van der Waals surface area contributed by atoms with Crippen molar-refractivity contribution in [3.05, 3.63) is 35.9 Å². The molecule has 0 unspecified atom stereocenters. The smallest absolute Gasteiger partial charge is 0.220 e. The van der Waals surface area contributed by atoms with Crippen LogP contribution in [0.4, 0.5) is 0 Å². The number of amides is 1. The van der Waals surface area contributed by atoms with Crippen LogP contribution in [0, 0.1) is 0 Å². The maximum absolute atomic E-state index is 11.8. The molecule has 1 aromatic rings. The molecule has 17 heavy (non-hydrogen) atoms. The predicted octanol–water partition coefficient (Wildman–Crippen LogP) is 1.82. The van der Waals surface area contributed by atoms with Crippen LogP contribution in [-0.2, 0) is 10.2 Å². The Morgan fingerprint density at radius 3 is 2.53 bits per heavy atom. The van der Waals surface area contributed by atoms with Crippen LogP contribution in [0.25, 0.3) is 0 Å². The van der Waals surface area contributed by atoms with Crippen molar-refractivity contribution in [1.29, 1.82) is 0 Å². The van der Waals surface area contributed by atoms with Crippen LogP contribution in [-0.4, -0.2) is 19.0 Å². The maximum atomic E-state index is 11.8. The van der Waals surface area contributed by atoms with Crippen LogP contribution in [0.3, 0.4) is 0 Å². The van der Waals surface area contributed by atoms with Crippen molar-refractivity contribution in [1.82, 2.24) is 5.32 Å². The fourth-order valence-electron chi connectivity index (χ4n) is 1.79. The van der Waals surface area contributed by atoms with Gasteiger partial charge in [-0.25, -0.2) is 0 Å². The Balaban J connectivity index is 2.52. The first-order valence-electron chi connectivity index (χ1n) is 6.08. The molecular formula is C14H22N2O. The number of hydrogen-bond acceptors (Lipinski definition) is 2. The van der Waals surface area contributed by atoms with Crippen molar-refractivity contribution < 1.29 is 4.79 Å². The summed E-state index contributed by atoms with van der Waals surface area (Å²) >= 11 is 0. The fourth-order valence-corrected chi connectivity index (χ4v) is 1.79. The largest absolute Gasteiger partial charge is 0.356 e. The molecule has 3 heteroatoms. The van der Waals surface area contributed by atoms with E-state index in [-0.39, 0.29) is 11.3 Å². The van der Waals surface area contributed by atoms with E-state index in [1.54, 1.807) is 0 Å². The minimum Gasteiger partial charge on any atom is -0.356 e. The third-order valence-corrected chi connectivity index (χ3v) is 2.86. The van der Waals surface area contributed by atoms with E-state index in [0.29, 0.717) is 19.5 Å². The lowest BCUT2D eigenvalue weighted by molar-refractivity contribution is -0.122. The molecule has 0 radical (unpaired) electrons. The van der Waals surface area contributed by atoms with Gasteiger partial charge in [-0.2, -0.15) is 0 Å². The Bertz CT molecular complexity index is 346. The molecule has 0 aliphatic carbocycles. The zero-order valence-corrected chi connectivity index (χ0v) is 10.7. The lowest BCUT2D eigenvalue weighted by Crippen LogP contribution is -2.32. The average Bonchev–Trinajstić information content (AvgIpc) is 2.30. The summed E-state index contributed by atoms with van der Waals surface area (Å²) in [5, 5.41) is 2.89. The average molecular weight is 234 g/mol. The van der Waals surface area contributed by atoms with Crippen LogP contribution in [0.5, 0.6) is 0 Å². The van der Waals surface area contributed by atoms with Crippen molar-refractivity contribution >= 4 is 5.91 Å². The van der Waals surface area contributed by atoms with E-state index >= 15 is 0 Å². The van der Waals surface area contributed by atoms with Gasteiger partial charge in [0.25, 0.3) is 0 Å². The van der Waals surface area contributed by atoms with Crippen LogP contribution in [0.2, 0.25) is 0 Å². The van der Waals surface area contributed by atoms with Gasteiger partial charge in [0, 0.05) is 13.0 Å². The molecule has 0 aromatic heterocycles. The van der Waals surface area contributed by atoms with E-state index in [2.05, 4.69) is 31.3 Å². The molecule has 0 atom stereocenters. The summed E-state index contributed by atoms with van der Waals surface area (Å²) in [7, 11) is 0. The second kappa shape index (κ2) is 6.40. The molecule has 0 aliphatic rings. The van der Waals surface area contributed by atoms with Crippen molar-refractivity contribution in [2.45, 2.75) is 32.1 Å². The standard InChI is InChI=1S/C14H22N2O/c1-14(2,12-7-4-3-5-8-12)11-13(17)16-10-6-9-15/h3-5,7-8H,6,9-11,15H2,1-2H3,(H,16,17). The molecule has 3 nitrogen and oxygen atoms in total. The highest BCUT2D eigenvalue weighted by atomic mass is 16.1. The van der Waals surface area contributed by atoms with Gasteiger partial charge in [-0.15, -0.1) is 0 Å². The summed E-state index contributed by atoms with van der Waals surface area (Å²) in [5.74, 6) is 0.0901. The van der Waals surface area contributed by atoms with Crippen LogP contribution < -0.4 is 11.1 Å². The first kappa shape index (κ1) is 13.7. The van der Waals surface area contributed by atoms with Crippen molar-refractivity contribution in [2.24, 2.45) is 5.73 Å². The monoisotopic (exact) mass is 234 g/mol. The normalized spacial score (nSPS) is 11.2. The molecule has 1 aromatic carbocycles. The molecule has 0 heterocycles. The Hall–Kier alpha value is -1.35. The highest BCUT2D eigenvalue weighted by molar-refractivity contribution is 5.77. The summed E-state index contributed by atoms with van der Waals surface area (Å²) < 4.78 is 0. The third-order valence-electron chi connectivity index (χ3n) is 2.86. The summed E-state index contributed by atoms with van der Waals surface area (Å²) in [6.07, 6.45) is 1.33. The van der Waals surface area contributed by atoms with Gasteiger partial charge in [0.2, 0.25) is 5.91 Å². The zero-order chi connectivity index (χ0) is 12.7. The summed E-state index contributed by atoms with van der Waals surface area (Å²) in [5.41, 5.74) is 6.44. The van der Waals surface area contributed by atoms with Gasteiger partial charge in [-0.3, -0.25) is 4.79 Å². The first-order valence-corrected chi connectivity index (χ1v) is 6.08. The number of hydrogen-bond donors (Lipinski definition) is 2. The lowest BCUT2D eigenvalue weighted by Gasteiger charge is -2.24. The molecule has 0 saturated heterocycles. The molecule has 0 bridgehead atoms. The lowest BCUT2D eigenvalue weighted by atomic mass is 9.81. The molecule has 0 fully saturated rings. The van der Waals surface area contributed by atoms with Crippen molar-refractivity contribution in [2.75, 3.05) is 13.1 Å². The van der Waals surface area contributed by atoms with Gasteiger partial charge in [-0.1, -0.05) is 44.2 Å². The number of benzene rings is 1. The van der Waals surface area contributed by atoms with E-state index in [4.69, 9.17) is 5.73 Å². The van der Waals surface area contributed by atoms with Crippen molar-refractivity contribution in [3.8, 4) is 0 Å². The van der Waals surface area contributed by atoms with Gasteiger partial charge >= 0.3 is 0 Å². The van der Waals surface area contributed by atoms with E-state index in [1.165, 1.54) is 5.56 Å². The van der Waals surface area contributed by atoms with E-state index in [1.807, 2.05) is 18.2 Å². The van der Waals surface area contributed by atoms with Gasteiger partial charge < -0.3 is 11.1 Å². The fraction of sp³-hybridized carbons (Fsp3) is 0.500. The molecular weight excluding hydrogens is 212 g/mol. The number of nitrogens with one attached hydrogen (secondary N) is 1. The second-order valence-electron chi connectivity index (χ2n) is 4.92. The third kappa shape index (κ3) is 4.57. The molecule has 1 rings (SSSR count). The Morgan fingerprint density at radius 2 is 1.94 bits per heavy atom. The summed E-state index contributed by atoms with van der Waals surface area (Å²) in [4.78, 5) is 11.8. The zero-order valence-electron chi connectivity index (χ0n) is 10.7. The van der Waals surface area contributed by atoms with E-state index in [9.17, 15) is 4.79 Å². The van der Waals surface area contributed by atoms with Crippen LogP contribution in [0.15, 0.2) is 30.3 Å². The maximum Gasteiger partial charge on any atom is 0.220 e. The highest BCUT2D eigenvalue weighted by Crippen LogP contribution is 2.26. The molecule has 0 spiro atoms. The van der Waals surface area contributed by atoms with Gasteiger partial charge in [0.05, 0.1) is 0 Å². The Labute approximate surface area is 103 Å². The topological polar surface area (TPSA) is 55.1 Å². The molecule has 1 amide bonds. The molecule has 3 N–H and O–H groups in total. The summed E-state index contributed by atoms with van der Waals surface area (Å²) in [6, 6.07) is 10.1. The van der Waals surface area contributed by atoms with E-state index in [0.717, 1.165) is 6.42 Å². The minimum absolute atomic E-state index is 0.0901. The first-order chi connectivity index (χ1) is 8.06. The molecule has 0 saturated carbocycles. The Kier molecular flexibility index (Phi) is 5.16. The van der Waals surface area contributed by atoms with Crippen LogP contribution in [0.1, 0.15) is 32.3 Å². The molecule has 94 valence electrons. The SMILES string of the molecule is CC(C)(CC(=O)NCCCN)c1ccccc1. The number of rotatable bonds is 6. The second-order valence-corrected chi connectivity index (χ2v) is 4.92. The van der Waals surface area contributed by atoms with Crippen molar-refractivity contribution in [3.63, 3.8) is 0 Å². The van der Waals surface area contributed by atoms with Gasteiger partial charge in [-0.05, 0) is 23.9 Å². The van der Waals surface area contributed by atoms with Crippen LogP contribution >= 0.6 is 0 Å². The molecule has 0 aliphatic heterocycles. The Morgan fingerprint density at radius 1 is 1.29 bits per heavy atom. The summed E-state index contributed by atoms with van der Waals surface area (Å²) in [6.45, 7) is 5.46.